The van der Waals surface area contributed by atoms with Gasteiger partial charge >= 0.3 is 5.97 Å². The van der Waals surface area contributed by atoms with Gasteiger partial charge < -0.3 is 10.1 Å². The van der Waals surface area contributed by atoms with Crippen molar-refractivity contribution >= 4 is 5.97 Å². The number of hydrogen-bond acceptors (Lipinski definition) is 3. The van der Waals surface area contributed by atoms with Crippen molar-refractivity contribution in [3.63, 3.8) is 0 Å². The molecule has 0 amide bonds. The minimum atomic E-state index is -0.372. The molecular weight excluding hydrogens is 238 g/mol. The maximum atomic E-state index is 12.0. The lowest BCUT2D eigenvalue weighted by atomic mass is 9.92. The monoisotopic (exact) mass is 263 g/mol. The molecule has 0 fully saturated rings. The molecule has 1 N–H and O–H groups in total. The second-order valence-electron chi connectivity index (χ2n) is 5.86. The Hall–Kier alpha value is -1.35. The number of benzene rings is 1. The summed E-state index contributed by atoms with van der Waals surface area (Å²) < 4.78 is 5.14. The summed E-state index contributed by atoms with van der Waals surface area (Å²) in [5.41, 5.74) is 1.21. The first-order valence-corrected chi connectivity index (χ1v) is 6.89. The van der Waals surface area contributed by atoms with Crippen LogP contribution >= 0.6 is 0 Å². The van der Waals surface area contributed by atoms with E-state index in [-0.39, 0.29) is 17.4 Å². The first-order chi connectivity index (χ1) is 8.94. The van der Waals surface area contributed by atoms with Gasteiger partial charge in [-0.15, -0.1) is 0 Å². The van der Waals surface area contributed by atoms with Gasteiger partial charge in [-0.25, -0.2) is 4.79 Å². The number of carbonyl (C=O) groups excluding carboxylic acids is 1. The van der Waals surface area contributed by atoms with Crippen molar-refractivity contribution < 1.29 is 9.53 Å². The molecule has 1 aromatic rings. The van der Waals surface area contributed by atoms with E-state index in [9.17, 15) is 4.79 Å². The molecule has 0 heterocycles. The number of hydrogen-bond donors (Lipinski definition) is 1. The predicted octanol–water partition coefficient (Wildman–Crippen LogP) is 3.32. The van der Waals surface area contributed by atoms with Gasteiger partial charge in [-0.2, -0.15) is 0 Å². The summed E-state index contributed by atoms with van der Waals surface area (Å²) in [7, 11) is 0. The fraction of sp³-hybridized carbons (Fsp3) is 0.562. The van der Waals surface area contributed by atoms with Crippen molar-refractivity contribution in [2.45, 2.75) is 40.2 Å². The first-order valence-electron chi connectivity index (χ1n) is 6.89. The fourth-order valence-electron chi connectivity index (χ4n) is 1.80. The largest absolute Gasteiger partial charge is 0.465 e. The Morgan fingerprint density at radius 3 is 2.42 bits per heavy atom. The van der Waals surface area contributed by atoms with E-state index in [1.54, 1.807) is 0 Å². The van der Waals surface area contributed by atoms with Gasteiger partial charge in [-0.3, -0.25) is 0 Å². The highest BCUT2D eigenvalue weighted by Gasteiger charge is 2.21. The van der Waals surface area contributed by atoms with E-state index in [1.807, 2.05) is 37.3 Å². The Bertz CT molecular complexity index is 381. The van der Waals surface area contributed by atoms with Crippen LogP contribution in [0.3, 0.4) is 0 Å². The zero-order valence-electron chi connectivity index (χ0n) is 12.4. The average molecular weight is 263 g/mol. The SMILES string of the molecule is CCOC(=O)C(NCCC(C)(C)C)c1ccccc1. The molecule has 19 heavy (non-hydrogen) atoms. The van der Waals surface area contributed by atoms with Crippen molar-refractivity contribution in [2.24, 2.45) is 5.41 Å². The lowest BCUT2D eigenvalue weighted by Crippen LogP contribution is -2.32. The molecule has 106 valence electrons. The summed E-state index contributed by atoms with van der Waals surface area (Å²) in [4.78, 5) is 12.0. The number of ether oxygens (including phenoxy) is 1. The topological polar surface area (TPSA) is 38.3 Å². The molecular formula is C16H25NO2. The van der Waals surface area contributed by atoms with Crippen LogP contribution in [-0.2, 0) is 9.53 Å². The van der Waals surface area contributed by atoms with E-state index >= 15 is 0 Å². The number of rotatable bonds is 6. The molecule has 0 aliphatic rings. The van der Waals surface area contributed by atoms with Gasteiger partial charge in [0.05, 0.1) is 6.61 Å². The Labute approximate surface area is 116 Å². The van der Waals surface area contributed by atoms with Gasteiger partial charge in [0.25, 0.3) is 0 Å². The molecule has 1 rings (SSSR count). The van der Waals surface area contributed by atoms with Gasteiger partial charge in [-0.05, 0) is 30.9 Å². The molecule has 0 aliphatic heterocycles. The zero-order chi connectivity index (χ0) is 14.3. The second-order valence-corrected chi connectivity index (χ2v) is 5.86. The highest BCUT2D eigenvalue weighted by Crippen LogP contribution is 2.19. The zero-order valence-corrected chi connectivity index (χ0v) is 12.4. The summed E-state index contributed by atoms with van der Waals surface area (Å²) in [6, 6.07) is 9.35. The van der Waals surface area contributed by atoms with Gasteiger partial charge in [0.15, 0.2) is 0 Å². The fourth-order valence-corrected chi connectivity index (χ4v) is 1.80. The maximum absolute atomic E-state index is 12.0. The molecule has 0 radical (unpaired) electrons. The van der Waals surface area contributed by atoms with E-state index in [2.05, 4.69) is 26.1 Å². The van der Waals surface area contributed by atoms with Crippen molar-refractivity contribution in [3.05, 3.63) is 35.9 Å². The molecule has 3 heteroatoms. The molecule has 1 unspecified atom stereocenters. The normalized spacial score (nSPS) is 13.1. The van der Waals surface area contributed by atoms with Crippen LogP contribution < -0.4 is 5.32 Å². The summed E-state index contributed by atoms with van der Waals surface area (Å²) >= 11 is 0. The third-order valence-electron chi connectivity index (χ3n) is 2.88. The Morgan fingerprint density at radius 1 is 1.26 bits per heavy atom. The van der Waals surface area contributed by atoms with Crippen LogP contribution in [-0.4, -0.2) is 19.1 Å². The molecule has 0 saturated carbocycles. The quantitative estimate of drug-likeness (QED) is 0.800. The molecule has 0 spiro atoms. The third-order valence-corrected chi connectivity index (χ3v) is 2.88. The molecule has 1 aromatic carbocycles. The number of esters is 1. The lowest BCUT2D eigenvalue weighted by Gasteiger charge is -2.22. The van der Waals surface area contributed by atoms with E-state index in [1.165, 1.54) is 0 Å². The van der Waals surface area contributed by atoms with Crippen LogP contribution in [0.5, 0.6) is 0 Å². The van der Waals surface area contributed by atoms with Crippen molar-refractivity contribution in [1.82, 2.24) is 5.32 Å². The van der Waals surface area contributed by atoms with E-state index in [0.717, 1.165) is 18.5 Å². The summed E-state index contributed by atoms with van der Waals surface area (Å²) in [6.07, 6.45) is 1.01. The highest BCUT2D eigenvalue weighted by molar-refractivity contribution is 5.77. The summed E-state index contributed by atoms with van der Waals surface area (Å²) in [5.74, 6) is -0.206. The Morgan fingerprint density at radius 2 is 1.89 bits per heavy atom. The van der Waals surface area contributed by atoms with Crippen LogP contribution in [0.1, 0.15) is 45.7 Å². The maximum Gasteiger partial charge on any atom is 0.327 e. The van der Waals surface area contributed by atoms with Gasteiger partial charge in [-0.1, -0.05) is 51.1 Å². The van der Waals surface area contributed by atoms with Gasteiger partial charge in [0.1, 0.15) is 6.04 Å². The van der Waals surface area contributed by atoms with Gasteiger partial charge in [0.2, 0.25) is 0 Å². The lowest BCUT2D eigenvalue weighted by molar-refractivity contribution is -0.145. The van der Waals surface area contributed by atoms with Crippen LogP contribution in [0, 0.1) is 5.41 Å². The molecule has 0 bridgehead atoms. The molecule has 0 saturated heterocycles. The van der Waals surface area contributed by atoms with Gasteiger partial charge in [0, 0.05) is 0 Å². The van der Waals surface area contributed by atoms with Crippen molar-refractivity contribution in [3.8, 4) is 0 Å². The van der Waals surface area contributed by atoms with Crippen molar-refractivity contribution in [1.29, 1.82) is 0 Å². The molecule has 0 aromatic heterocycles. The van der Waals surface area contributed by atoms with Crippen LogP contribution in [0.4, 0.5) is 0 Å². The second kappa shape index (κ2) is 7.29. The number of carbonyl (C=O) groups is 1. The predicted molar refractivity (Wildman–Crippen MR) is 77.9 cm³/mol. The number of nitrogens with one attached hydrogen (secondary N) is 1. The summed E-state index contributed by atoms with van der Waals surface area (Å²) in [6.45, 7) is 9.60. The minimum Gasteiger partial charge on any atom is -0.465 e. The van der Waals surface area contributed by atoms with Crippen LogP contribution in [0.2, 0.25) is 0 Å². The van der Waals surface area contributed by atoms with E-state index < -0.39 is 0 Å². The van der Waals surface area contributed by atoms with Crippen LogP contribution in [0.25, 0.3) is 0 Å². The molecule has 1 atom stereocenters. The molecule has 0 aliphatic carbocycles. The standard InChI is InChI=1S/C16H25NO2/c1-5-19-15(18)14(13-9-7-6-8-10-13)17-12-11-16(2,3)4/h6-10,14,17H,5,11-12H2,1-4H3. The smallest absolute Gasteiger partial charge is 0.327 e. The minimum absolute atomic E-state index is 0.206. The van der Waals surface area contributed by atoms with E-state index in [0.29, 0.717) is 6.61 Å². The highest BCUT2D eigenvalue weighted by atomic mass is 16.5. The average Bonchev–Trinajstić information content (AvgIpc) is 2.34. The first kappa shape index (κ1) is 15.7. The third kappa shape index (κ3) is 5.88. The van der Waals surface area contributed by atoms with E-state index in [4.69, 9.17) is 4.74 Å². The molecule has 3 nitrogen and oxygen atoms in total. The Kier molecular flexibility index (Phi) is 6.03. The Balaban J connectivity index is 2.68. The van der Waals surface area contributed by atoms with Crippen molar-refractivity contribution in [2.75, 3.05) is 13.2 Å². The summed E-state index contributed by atoms with van der Waals surface area (Å²) in [5, 5.41) is 3.30. The van der Waals surface area contributed by atoms with Crippen LogP contribution in [0.15, 0.2) is 30.3 Å².